The summed E-state index contributed by atoms with van der Waals surface area (Å²) in [5, 5.41) is 10.5. The lowest BCUT2D eigenvalue weighted by molar-refractivity contribution is -0.168. The Kier molecular flexibility index (Phi) is 4.46. The topological polar surface area (TPSA) is 95.5 Å². The molecule has 1 aliphatic heterocycles. The largest absolute Gasteiger partial charge is 0.368 e. The standard InChI is InChI=1S/C20H23N5O2/c1-27-20(10-15(22)11-20)19(26)25-8-6-24(7-9-25)18-14(12-21)13-23-17-5-3-2-4-16(17)18/h2-5,13,15H,6-11,22H2,1H3. The number of nitrogens with zero attached hydrogens (tertiary/aromatic N) is 4. The molecule has 0 spiro atoms. The molecule has 1 saturated carbocycles. The van der Waals surface area contributed by atoms with E-state index < -0.39 is 5.60 Å². The third-order valence-corrected chi connectivity index (χ3v) is 5.71. The molecule has 0 atom stereocenters. The normalized spacial score (nSPS) is 25.1. The maximum absolute atomic E-state index is 12.9. The first-order chi connectivity index (χ1) is 13.1. The number of para-hydroxylation sites is 1. The zero-order valence-corrected chi connectivity index (χ0v) is 15.4. The van der Waals surface area contributed by atoms with E-state index in [4.69, 9.17) is 10.5 Å². The van der Waals surface area contributed by atoms with E-state index in [-0.39, 0.29) is 11.9 Å². The van der Waals surface area contributed by atoms with Crippen molar-refractivity contribution in [3.8, 4) is 6.07 Å². The van der Waals surface area contributed by atoms with Crippen LogP contribution in [0.4, 0.5) is 5.69 Å². The molecule has 7 nitrogen and oxygen atoms in total. The molecule has 1 aliphatic carbocycles. The van der Waals surface area contributed by atoms with Crippen LogP contribution in [0, 0.1) is 11.3 Å². The summed E-state index contributed by atoms with van der Waals surface area (Å²) in [6, 6.07) is 10.1. The Morgan fingerprint density at radius 1 is 1.30 bits per heavy atom. The van der Waals surface area contributed by atoms with E-state index in [1.807, 2.05) is 29.2 Å². The highest BCUT2D eigenvalue weighted by molar-refractivity contribution is 5.94. The summed E-state index contributed by atoms with van der Waals surface area (Å²) in [5.74, 6) is 0.0337. The smallest absolute Gasteiger partial charge is 0.255 e. The van der Waals surface area contributed by atoms with Gasteiger partial charge in [-0.15, -0.1) is 0 Å². The fourth-order valence-corrected chi connectivity index (χ4v) is 4.19. The number of amides is 1. The van der Waals surface area contributed by atoms with Crippen LogP contribution in [0.15, 0.2) is 30.5 Å². The summed E-state index contributed by atoms with van der Waals surface area (Å²) in [6.45, 7) is 2.53. The number of rotatable bonds is 3. The highest BCUT2D eigenvalue weighted by atomic mass is 16.5. The number of piperazine rings is 1. The molecule has 2 N–H and O–H groups in total. The van der Waals surface area contributed by atoms with E-state index in [9.17, 15) is 10.1 Å². The van der Waals surface area contributed by atoms with Gasteiger partial charge in [-0.2, -0.15) is 5.26 Å². The van der Waals surface area contributed by atoms with Crippen molar-refractivity contribution in [2.24, 2.45) is 5.73 Å². The van der Waals surface area contributed by atoms with Crippen LogP contribution in [0.1, 0.15) is 18.4 Å². The Morgan fingerprint density at radius 3 is 2.63 bits per heavy atom. The van der Waals surface area contributed by atoms with Gasteiger partial charge in [0.05, 0.1) is 16.8 Å². The number of carbonyl (C=O) groups is 1. The summed E-state index contributed by atoms with van der Waals surface area (Å²) in [4.78, 5) is 21.3. The number of nitrogens with two attached hydrogens (primary N) is 1. The first-order valence-electron chi connectivity index (χ1n) is 9.21. The Balaban J connectivity index is 1.54. The van der Waals surface area contributed by atoms with Crippen LogP contribution in [-0.4, -0.2) is 60.7 Å². The highest BCUT2D eigenvalue weighted by Gasteiger charge is 2.51. The predicted octanol–water partition coefficient (Wildman–Crippen LogP) is 1.26. The first-order valence-corrected chi connectivity index (χ1v) is 9.21. The summed E-state index contributed by atoms with van der Waals surface area (Å²) in [7, 11) is 1.59. The lowest BCUT2D eigenvalue weighted by atomic mass is 9.75. The number of aromatic nitrogens is 1. The number of hydrogen-bond donors (Lipinski definition) is 1. The number of anilines is 1. The fraction of sp³-hybridized carbons (Fsp3) is 0.450. The van der Waals surface area contributed by atoms with Crippen LogP contribution in [0.25, 0.3) is 10.9 Å². The molecule has 1 saturated heterocycles. The van der Waals surface area contributed by atoms with Crippen LogP contribution in [0.5, 0.6) is 0 Å². The Morgan fingerprint density at radius 2 is 2.00 bits per heavy atom. The van der Waals surface area contributed by atoms with Gasteiger partial charge in [-0.3, -0.25) is 9.78 Å². The molecule has 1 aromatic heterocycles. The van der Waals surface area contributed by atoms with E-state index >= 15 is 0 Å². The van der Waals surface area contributed by atoms with Crippen molar-refractivity contribution in [2.45, 2.75) is 24.5 Å². The lowest BCUT2D eigenvalue weighted by Crippen LogP contribution is -2.64. The van der Waals surface area contributed by atoms with E-state index in [0.29, 0.717) is 44.6 Å². The van der Waals surface area contributed by atoms with Gasteiger partial charge in [0.1, 0.15) is 11.7 Å². The van der Waals surface area contributed by atoms with Crippen LogP contribution in [0.2, 0.25) is 0 Å². The zero-order chi connectivity index (χ0) is 19.0. The van der Waals surface area contributed by atoms with Crippen molar-refractivity contribution in [1.29, 1.82) is 5.26 Å². The summed E-state index contributed by atoms with van der Waals surface area (Å²) in [5.41, 5.74) is 7.47. The number of benzene rings is 1. The van der Waals surface area contributed by atoms with Crippen molar-refractivity contribution < 1.29 is 9.53 Å². The quantitative estimate of drug-likeness (QED) is 0.880. The van der Waals surface area contributed by atoms with Gasteiger partial charge in [-0.1, -0.05) is 18.2 Å². The Bertz CT molecular complexity index is 908. The SMILES string of the molecule is COC1(C(=O)N2CCN(c3c(C#N)cnc4ccccc34)CC2)CC(N)C1. The number of carbonyl (C=O) groups excluding carboxylic acids is 1. The van der Waals surface area contributed by atoms with Gasteiger partial charge in [-0.05, 0) is 6.07 Å². The van der Waals surface area contributed by atoms with Crippen molar-refractivity contribution in [2.75, 3.05) is 38.2 Å². The second-order valence-electron chi connectivity index (χ2n) is 7.30. The number of pyridine rings is 1. The summed E-state index contributed by atoms with van der Waals surface area (Å²) < 4.78 is 5.53. The number of methoxy groups -OCH3 is 1. The molecule has 2 aromatic rings. The number of hydrogen-bond acceptors (Lipinski definition) is 6. The molecule has 4 rings (SSSR count). The van der Waals surface area contributed by atoms with Gasteiger partial charge in [0, 0.05) is 63.8 Å². The average molecular weight is 365 g/mol. The molecule has 2 heterocycles. The van der Waals surface area contributed by atoms with Crippen molar-refractivity contribution in [1.82, 2.24) is 9.88 Å². The second-order valence-corrected chi connectivity index (χ2v) is 7.30. The first kappa shape index (κ1) is 17.7. The van der Waals surface area contributed by atoms with Gasteiger partial charge in [0.25, 0.3) is 5.91 Å². The van der Waals surface area contributed by atoms with Gasteiger partial charge in [-0.25, -0.2) is 0 Å². The minimum Gasteiger partial charge on any atom is -0.368 e. The summed E-state index contributed by atoms with van der Waals surface area (Å²) in [6.07, 6.45) is 2.79. The van der Waals surface area contributed by atoms with E-state index in [1.165, 1.54) is 0 Å². The third kappa shape index (κ3) is 2.91. The zero-order valence-electron chi connectivity index (χ0n) is 15.4. The van der Waals surface area contributed by atoms with Gasteiger partial charge < -0.3 is 20.3 Å². The minimum absolute atomic E-state index is 0.0337. The van der Waals surface area contributed by atoms with Crippen LogP contribution in [-0.2, 0) is 9.53 Å². The van der Waals surface area contributed by atoms with Crippen LogP contribution < -0.4 is 10.6 Å². The average Bonchev–Trinajstić information content (AvgIpc) is 2.70. The second kappa shape index (κ2) is 6.80. The summed E-state index contributed by atoms with van der Waals surface area (Å²) >= 11 is 0. The molecule has 27 heavy (non-hydrogen) atoms. The van der Waals surface area contributed by atoms with E-state index in [0.717, 1.165) is 16.6 Å². The van der Waals surface area contributed by atoms with Crippen molar-refractivity contribution in [3.05, 3.63) is 36.0 Å². The van der Waals surface area contributed by atoms with Crippen LogP contribution >= 0.6 is 0 Å². The van der Waals surface area contributed by atoms with Crippen molar-refractivity contribution >= 4 is 22.5 Å². The van der Waals surface area contributed by atoms with Gasteiger partial charge >= 0.3 is 0 Å². The molecule has 0 bridgehead atoms. The Labute approximate surface area is 158 Å². The lowest BCUT2D eigenvalue weighted by Gasteiger charge is -2.47. The van der Waals surface area contributed by atoms with Gasteiger partial charge in [0.2, 0.25) is 0 Å². The molecule has 0 unspecified atom stereocenters. The van der Waals surface area contributed by atoms with E-state index in [2.05, 4.69) is 16.0 Å². The van der Waals surface area contributed by atoms with E-state index in [1.54, 1.807) is 13.3 Å². The third-order valence-electron chi connectivity index (χ3n) is 5.71. The molecule has 140 valence electrons. The number of nitriles is 1. The minimum atomic E-state index is -0.747. The molecular formula is C20H23N5O2. The molecule has 2 fully saturated rings. The monoisotopic (exact) mass is 365 g/mol. The molecule has 0 radical (unpaired) electrons. The Hall–Kier alpha value is -2.69. The molecule has 2 aliphatic rings. The van der Waals surface area contributed by atoms with Crippen LogP contribution in [0.3, 0.4) is 0 Å². The molecule has 1 aromatic carbocycles. The maximum atomic E-state index is 12.9. The molecule has 7 heteroatoms. The van der Waals surface area contributed by atoms with Crippen molar-refractivity contribution in [3.63, 3.8) is 0 Å². The van der Waals surface area contributed by atoms with Gasteiger partial charge in [0.15, 0.2) is 0 Å². The maximum Gasteiger partial charge on any atom is 0.255 e. The highest BCUT2D eigenvalue weighted by Crippen LogP contribution is 2.37. The molecule has 1 amide bonds. The number of fused-ring (bicyclic) bond motifs is 1. The number of ether oxygens (including phenoxy) is 1. The predicted molar refractivity (Wildman–Crippen MR) is 102 cm³/mol. The fourth-order valence-electron chi connectivity index (χ4n) is 4.19. The molecular weight excluding hydrogens is 342 g/mol.